The van der Waals surface area contributed by atoms with Crippen molar-refractivity contribution in [3.8, 4) is 0 Å². The van der Waals surface area contributed by atoms with Crippen LogP contribution in [-0.4, -0.2) is 42.9 Å². The van der Waals surface area contributed by atoms with E-state index in [1.807, 2.05) is 6.92 Å². The standard InChI is InChI=1S/C9H20N2O4S/c1-4-6-10-16(14,15)11(8(2)3)7-5-9(12)13/h8,10H,4-7H2,1-3H3,(H,12,13). The molecule has 0 fully saturated rings. The monoisotopic (exact) mass is 252 g/mol. The molecule has 0 saturated carbocycles. The maximum absolute atomic E-state index is 11.8. The van der Waals surface area contributed by atoms with Crippen molar-refractivity contribution >= 4 is 16.2 Å². The third-order valence-corrected chi connectivity index (χ3v) is 3.76. The summed E-state index contributed by atoms with van der Waals surface area (Å²) in [5.74, 6) is -1.00. The number of carboxylic acids is 1. The number of rotatable bonds is 8. The van der Waals surface area contributed by atoms with Gasteiger partial charge < -0.3 is 5.11 Å². The molecule has 0 heterocycles. The summed E-state index contributed by atoms with van der Waals surface area (Å²) in [6.07, 6.45) is 0.509. The Kier molecular flexibility index (Phi) is 6.54. The van der Waals surface area contributed by atoms with Crippen LogP contribution >= 0.6 is 0 Å². The summed E-state index contributed by atoms with van der Waals surface area (Å²) >= 11 is 0. The molecule has 16 heavy (non-hydrogen) atoms. The van der Waals surface area contributed by atoms with Crippen LogP contribution in [0.2, 0.25) is 0 Å². The number of nitrogens with zero attached hydrogens (tertiary/aromatic N) is 1. The fraction of sp³-hybridized carbons (Fsp3) is 0.889. The first-order valence-corrected chi connectivity index (χ1v) is 6.73. The SMILES string of the molecule is CCCNS(=O)(=O)N(CCC(=O)O)C(C)C. The van der Waals surface area contributed by atoms with Gasteiger partial charge in [0.25, 0.3) is 10.2 Å². The van der Waals surface area contributed by atoms with E-state index >= 15 is 0 Å². The first-order valence-electron chi connectivity index (χ1n) is 5.29. The lowest BCUT2D eigenvalue weighted by Gasteiger charge is -2.25. The topological polar surface area (TPSA) is 86.7 Å². The first kappa shape index (κ1) is 15.3. The molecule has 0 radical (unpaired) electrons. The van der Waals surface area contributed by atoms with Gasteiger partial charge in [-0.25, -0.2) is 4.72 Å². The van der Waals surface area contributed by atoms with Crippen LogP contribution in [0.15, 0.2) is 0 Å². The molecular formula is C9H20N2O4S. The minimum absolute atomic E-state index is 0.00789. The van der Waals surface area contributed by atoms with E-state index in [-0.39, 0.29) is 19.0 Å². The van der Waals surface area contributed by atoms with E-state index in [9.17, 15) is 13.2 Å². The molecule has 0 aliphatic heterocycles. The third kappa shape index (κ3) is 5.43. The number of carbonyl (C=O) groups is 1. The number of hydrogen-bond donors (Lipinski definition) is 2. The molecule has 0 amide bonds. The molecule has 0 spiro atoms. The highest BCUT2D eigenvalue weighted by atomic mass is 32.2. The van der Waals surface area contributed by atoms with Gasteiger partial charge in [-0.2, -0.15) is 12.7 Å². The van der Waals surface area contributed by atoms with Crippen molar-refractivity contribution in [2.24, 2.45) is 0 Å². The zero-order valence-electron chi connectivity index (χ0n) is 9.93. The number of nitrogens with one attached hydrogen (secondary N) is 1. The number of aliphatic carboxylic acids is 1. The van der Waals surface area contributed by atoms with E-state index in [0.29, 0.717) is 13.0 Å². The van der Waals surface area contributed by atoms with E-state index in [1.165, 1.54) is 0 Å². The van der Waals surface area contributed by atoms with Crippen LogP contribution in [0.5, 0.6) is 0 Å². The van der Waals surface area contributed by atoms with Crippen molar-refractivity contribution in [1.82, 2.24) is 9.03 Å². The Morgan fingerprint density at radius 1 is 1.44 bits per heavy atom. The van der Waals surface area contributed by atoms with Gasteiger partial charge in [0.15, 0.2) is 0 Å². The number of hydrogen-bond acceptors (Lipinski definition) is 3. The maximum Gasteiger partial charge on any atom is 0.304 e. The van der Waals surface area contributed by atoms with Gasteiger partial charge in [-0.1, -0.05) is 6.92 Å². The van der Waals surface area contributed by atoms with Crippen molar-refractivity contribution in [1.29, 1.82) is 0 Å². The van der Waals surface area contributed by atoms with Gasteiger partial charge in [0.1, 0.15) is 0 Å². The van der Waals surface area contributed by atoms with Crippen LogP contribution in [0.1, 0.15) is 33.6 Å². The van der Waals surface area contributed by atoms with Crippen molar-refractivity contribution in [2.75, 3.05) is 13.1 Å². The highest BCUT2D eigenvalue weighted by Crippen LogP contribution is 2.06. The van der Waals surface area contributed by atoms with Crippen molar-refractivity contribution in [3.05, 3.63) is 0 Å². The molecule has 7 heteroatoms. The predicted molar refractivity (Wildman–Crippen MR) is 61.3 cm³/mol. The predicted octanol–water partition coefficient (Wildman–Crippen LogP) is 0.416. The molecule has 0 aromatic heterocycles. The Bertz CT molecular complexity index is 313. The van der Waals surface area contributed by atoms with Crippen LogP contribution in [-0.2, 0) is 15.0 Å². The van der Waals surface area contributed by atoms with Crippen LogP contribution in [0.25, 0.3) is 0 Å². The zero-order valence-corrected chi connectivity index (χ0v) is 10.7. The second-order valence-electron chi connectivity index (χ2n) is 3.75. The van der Waals surface area contributed by atoms with E-state index in [4.69, 9.17) is 5.11 Å². The molecule has 0 bridgehead atoms. The Labute approximate surface area is 96.8 Å². The smallest absolute Gasteiger partial charge is 0.304 e. The van der Waals surface area contributed by atoms with Crippen molar-refractivity contribution in [2.45, 2.75) is 39.7 Å². The average molecular weight is 252 g/mol. The van der Waals surface area contributed by atoms with Crippen LogP contribution in [0, 0.1) is 0 Å². The third-order valence-electron chi connectivity index (χ3n) is 1.97. The van der Waals surface area contributed by atoms with Crippen LogP contribution in [0.3, 0.4) is 0 Å². The van der Waals surface area contributed by atoms with E-state index in [1.54, 1.807) is 13.8 Å². The molecule has 0 unspecified atom stereocenters. The number of carboxylic acid groups (broad SMARTS) is 1. The largest absolute Gasteiger partial charge is 0.481 e. The van der Waals surface area contributed by atoms with Crippen LogP contribution < -0.4 is 4.72 Å². The average Bonchev–Trinajstić information content (AvgIpc) is 2.13. The molecule has 0 aliphatic carbocycles. The van der Waals surface area contributed by atoms with E-state index in [2.05, 4.69) is 4.72 Å². The van der Waals surface area contributed by atoms with Gasteiger partial charge in [0.2, 0.25) is 0 Å². The Morgan fingerprint density at radius 3 is 2.38 bits per heavy atom. The minimum atomic E-state index is -3.56. The normalized spacial score (nSPS) is 12.3. The Hall–Kier alpha value is -0.660. The zero-order chi connectivity index (χ0) is 12.8. The molecular weight excluding hydrogens is 232 g/mol. The fourth-order valence-corrected chi connectivity index (χ4v) is 2.69. The Balaban J connectivity index is 4.57. The van der Waals surface area contributed by atoms with E-state index in [0.717, 1.165) is 4.31 Å². The fourth-order valence-electron chi connectivity index (χ4n) is 1.18. The highest BCUT2D eigenvalue weighted by Gasteiger charge is 2.24. The summed E-state index contributed by atoms with van der Waals surface area (Å²) in [6, 6.07) is -0.256. The lowest BCUT2D eigenvalue weighted by atomic mass is 10.3. The molecule has 2 N–H and O–H groups in total. The molecule has 0 atom stereocenters. The molecule has 0 rings (SSSR count). The summed E-state index contributed by atoms with van der Waals surface area (Å²) in [7, 11) is -3.56. The molecule has 6 nitrogen and oxygen atoms in total. The molecule has 96 valence electrons. The molecule has 0 aliphatic rings. The van der Waals surface area contributed by atoms with Gasteiger partial charge in [-0.15, -0.1) is 0 Å². The van der Waals surface area contributed by atoms with Gasteiger partial charge in [-0.3, -0.25) is 4.79 Å². The summed E-state index contributed by atoms with van der Waals surface area (Å²) in [5.41, 5.74) is 0. The van der Waals surface area contributed by atoms with Gasteiger partial charge >= 0.3 is 5.97 Å². The quantitative estimate of drug-likeness (QED) is 0.655. The van der Waals surface area contributed by atoms with Gasteiger partial charge in [-0.05, 0) is 20.3 Å². The molecule has 0 saturated heterocycles. The second-order valence-corrected chi connectivity index (χ2v) is 5.46. The summed E-state index contributed by atoms with van der Waals surface area (Å²) < 4.78 is 27.1. The van der Waals surface area contributed by atoms with Crippen LogP contribution in [0.4, 0.5) is 0 Å². The summed E-state index contributed by atoms with van der Waals surface area (Å²) in [6.45, 7) is 5.64. The summed E-state index contributed by atoms with van der Waals surface area (Å²) in [4.78, 5) is 10.4. The second kappa shape index (κ2) is 6.82. The van der Waals surface area contributed by atoms with E-state index < -0.39 is 16.2 Å². The lowest BCUT2D eigenvalue weighted by molar-refractivity contribution is -0.137. The van der Waals surface area contributed by atoms with Gasteiger partial charge in [0.05, 0.1) is 6.42 Å². The highest BCUT2D eigenvalue weighted by molar-refractivity contribution is 7.87. The summed E-state index contributed by atoms with van der Waals surface area (Å²) in [5, 5.41) is 8.54. The molecule has 0 aromatic carbocycles. The van der Waals surface area contributed by atoms with Crippen molar-refractivity contribution in [3.63, 3.8) is 0 Å². The lowest BCUT2D eigenvalue weighted by Crippen LogP contribution is -2.45. The molecule has 0 aromatic rings. The minimum Gasteiger partial charge on any atom is -0.481 e. The van der Waals surface area contributed by atoms with Gasteiger partial charge in [0, 0.05) is 19.1 Å². The maximum atomic E-state index is 11.8. The first-order chi connectivity index (χ1) is 7.31. The Morgan fingerprint density at radius 2 is 2.00 bits per heavy atom. The van der Waals surface area contributed by atoms with Crippen molar-refractivity contribution < 1.29 is 18.3 Å².